The molecule has 1 aromatic rings. The Balaban J connectivity index is 1.39. The fraction of sp³-hybridized carbons (Fsp3) is 0.789. The van der Waals surface area contributed by atoms with Gasteiger partial charge < -0.3 is 14.9 Å². The normalized spacial score (nSPS) is 25.2. The van der Waals surface area contributed by atoms with Crippen molar-refractivity contribution < 1.29 is 26.7 Å². The van der Waals surface area contributed by atoms with E-state index >= 15 is 0 Å². The molecule has 0 unspecified atom stereocenters. The monoisotopic (exact) mass is 448 g/mol. The predicted molar refractivity (Wildman–Crippen MR) is 105 cm³/mol. The second-order valence-corrected chi connectivity index (χ2v) is 11.1. The average molecular weight is 449 g/mol. The molecule has 4 rings (SSSR count). The van der Waals surface area contributed by atoms with Crippen LogP contribution in [0.3, 0.4) is 0 Å². The van der Waals surface area contributed by atoms with Gasteiger partial charge >= 0.3 is 6.18 Å². The highest BCUT2D eigenvalue weighted by molar-refractivity contribution is 7.91. The highest BCUT2D eigenvalue weighted by atomic mass is 32.2. The predicted octanol–water partition coefficient (Wildman–Crippen LogP) is 1.87. The van der Waals surface area contributed by atoms with E-state index in [1.165, 1.54) is 0 Å². The van der Waals surface area contributed by atoms with E-state index in [1.54, 1.807) is 0 Å². The molecule has 0 spiro atoms. The van der Waals surface area contributed by atoms with Gasteiger partial charge in [0, 0.05) is 37.8 Å². The summed E-state index contributed by atoms with van der Waals surface area (Å²) in [5.74, 6) is 0.365. The van der Waals surface area contributed by atoms with E-state index in [0.717, 1.165) is 38.1 Å². The van der Waals surface area contributed by atoms with E-state index in [-0.39, 0.29) is 36.4 Å². The van der Waals surface area contributed by atoms with Crippen LogP contribution in [0.1, 0.15) is 44.2 Å². The van der Waals surface area contributed by atoms with Crippen molar-refractivity contribution in [2.75, 3.05) is 36.0 Å². The molecule has 0 aromatic carbocycles. The number of hydrogen-bond donors (Lipinski definition) is 1. The van der Waals surface area contributed by atoms with Gasteiger partial charge in [0.25, 0.3) is 0 Å². The smallest absolute Gasteiger partial charge is 0.388 e. The molecule has 168 valence electrons. The summed E-state index contributed by atoms with van der Waals surface area (Å²) in [5.41, 5.74) is -1.91. The molecule has 1 N–H and O–H groups in total. The molecule has 3 fully saturated rings. The Labute approximate surface area is 174 Å². The maximum atomic E-state index is 13.1. The van der Waals surface area contributed by atoms with Crippen molar-refractivity contribution in [3.05, 3.63) is 18.1 Å². The van der Waals surface area contributed by atoms with Gasteiger partial charge in [-0.3, -0.25) is 0 Å². The summed E-state index contributed by atoms with van der Waals surface area (Å²) in [7, 11) is -3.04. The first-order valence-corrected chi connectivity index (χ1v) is 12.2. The summed E-state index contributed by atoms with van der Waals surface area (Å²) in [5, 5.41) is 10.8. The second kappa shape index (κ2) is 7.90. The third kappa shape index (κ3) is 5.05. The summed E-state index contributed by atoms with van der Waals surface area (Å²) < 4.78 is 62.5. The van der Waals surface area contributed by atoms with Crippen LogP contribution < -0.4 is 4.90 Å². The zero-order valence-corrected chi connectivity index (χ0v) is 17.5. The van der Waals surface area contributed by atoms with Crippen LogP contribution in [-0.2, 0) is 16.0 Å². The molecular formula is C19H27F3N4O3S. The highest BCUT2D eigenvalue weighted by Gasteiger charge is 2.41. The van der Waals surface area contributed by atoms with Crippen LogP contribution in [0.15, 0.2) is 12.4 Å². The van der Waals surface area contributed by atoms with E-state index in [9.17, 15) is 26.7 Å². The Morgan fingerprint density at radius 1 is 1.10 bits per heavy atom. The van der Waals surface area contributed by atoms with Crippen molar-refractivity contribution in [2.24, 2.45) is 0 Å². The number of piperidine rings is 1. The third-order valence-electron chi connectivity index (χ3n) is 6.37. The van der Waals surface area contributed by atoms with Crippen LogP contribution in [0.5, 0.6) is 0 Å². The van der Waals surface area contributed by atoms with Crippen molar-refractivity contribution >= 4 is 15.7 Å². The van der Waals surface area contributed by atoms with Crippen LogP contribution in [-0.4, -0.2) is 77.2 Å². The van der Waals surface area contributed by atoms with Gasteiger partial charge in [0.05, 0.1) is 17.1 Å². The lowest BCUT2D eigenvalue weighted by Gasteiger charge is -2.42. The molecule has 0 radical (unpaired) electrons. The Morgan fingerprint density at radius 2 is 1.70 bits per heavy atom. The number of halogens is 3. The van der Waals surface area contributed by atoms with Gasteiger partial charge in [-0.05, 0) is 38.5 Å². The topological polar surface area (TPSA) is 86.6 Å². The number of nitrogens with zero attached hydrogens (tertiary/aromatic N) is 4. The molecule has 2 aliphatic heterocycles. The lowest BCUT2D eigenvalue weighted by Crippen LogP contribution is -2.52. The van der Waals surface area contributed by atoms with Crippen molar-refractivity contribution in [3.63, 3.8) is 0 Å². The maximum absolute atomic E-state index is 13.1. The van der Waals surface area contributed by atoms with Crippen molar-refractivity contribution in [2.45, 2.75) is 62.4 Å². The number of rotatable bonds is 5. The van der Waals surface area contributed by atoms with Crippen LogP contribution in [0.4, 0.5) is 19.0 Å². The number of likely N-dealkylation sites (tertiary alicyclic amines) is 1. The summed E-state index contributed by atoms with van der Waals surface area (Å²) in [6.45, 7) is 1.85. The summed E-state index contributed by atoms with van der Waals surface area (Å²) in [6, 6.07) is 1.34. The number of hydrogen-bond acceptors (Lipinski definition) is 7. The molecule has 1 aromatic heterocycles. The van der Waals surface area contributed by atoms with Gasteiger partial charge in [-0.15, -0.1) is 0 Å². The largest absolute Gasteiger partial charge is 0.433 e. The van der Waals surface area contributed by atoms with E-state index < -0.39 is 27.3 Å². The fourth-order valence-corrected chi connectivity index (χ4v) is 6.10. The number of β-amino-alcohol motifs (C(OH)–C–C–N with tert-alkyl or cyclic N) is 1. The van der Waals surface area contributed by atoms with Gasteiger partial charge in [-0.2, -0.15) is 13.2 Å². The van der Waals surface area contributed by atoms with Crippen LogP contribution in [0.2, 0.25) is 0 Å². The SMILES string of the molecule is O=S1(=O)CCC(O)(CN2CCC(N(c3cc(C(F)(F)F)ncn3)C3CC3)CC2)CC1. The Bertz CT molecular complexity index is 854. The van der Waals surface area contributed by atoms with E-state index in [2.05, 4.69) is 14.9 Å². The standard InChI is InChI=1S/C19H27F3N4O3S/c20-19(21,22)16-11-17(24-13-23-16)26(14-1-2-14)15-3-7-25(8-4-15)12-18(27)5-9-30(28,29)10-6-18/h11,13-15,27H,1-10,12H2. The molecular weight excluding hydrogens is 421 g/mol. The third-order valence-corrected chi connectivity index (χ3v) is 8.03. The minimum absolute atomic E-state index is 0.0185. The van der Waals surface area contributed by atoms with E-state index in [0.29, 0.717) is 25.5 Å². The second-order valence-electron chi connectivity index (χ2n) is 8.78. The number of aliphatic hydroxyl groups is 1. The van der Waals surface area contributed by atoms with Crippen molar-refractivity contribution in [3.8, 4) is 0 Å². The van der Waals surface area contributed by atoms with Gasteiger partial charge in [0.15, 0.2) is 9.84 Å². The lowest BCUT2D eigenvalue weighted by atomic mass is 9.94. The summed E-state index contributed by atoms with van der Waals surface area (Å²) in [4.78, 5) is 11.7. The number of aromatic nitrogens is 2. The summed E-state index contributed by atoms with van der Waals surface area (Å²) in [6.07, 6.45) is 0.399. The Morgan fingerprint density at radius 3 is 2.27 bits per heavy atom. The average Bonchev–Trinajstić information content (AvgIpc) is 3.51. The highest BCUT2D eigenvalue weighted by Crippen LogP contribution is 2.37. The molecule has 1 aliphatic carbocycles. The molecule has 2 saturated heterocycles. The molecule has 3 aliphatic rings. The number of alkyl halides is 3. The minimum Gasteiger partial charge on any atom is -0.388 e. The lowest BCUT2D eigenvalue weighted by molar-refractivity contribution is -0.141. The fourth-order valence-electron chi connectivity index (χ4n) is 4.52. The van der Waals surface area contributed by atoms with Gasteiger partial charge in [-0.1, -0.05) is 0 Å². The molecule has 1 saturated carbocycles. The van der Waals surface area contributed by atoms with Crippen molar-refractivity contribution in [1.29, 1.82) is 0 Å². The van der Waals surface area contributed by atoms with Crippen molar-refractivity contribution in [1.82, 2.24) is 14.9 Å². The molecule has 0 bridgehead atoms. The molecule has 3 heterocycles. The minimum atomic E-state index is -4.50. The first-order valence-electron chi connectivity index (χ1n) is 10.4. The first-order chi connectivity index (χ1) is 14.0. The van der Waals surface area contributed by atoms with Gasteiger partial charge in [0.2, 0.25) is 0 Å². The van der Waals surface area contributed by atoms with Crippen LogP contribution >= 0.6 is 0 Å². The number of sulfone groups is 1. The molecule has 0 atom stereocenters. The van der Waals surface area contributed by atoms with Crippen LogP contribution in [0.25, 0.3) is 0 Å². The van der Waals surface area contributed by atoms with E-state index in [4.69, 9.17) is 0 Å². The first kappa shape index (κ1) is 21.8. The summed E-state index contributed by atoms with van der Waals surface area (Å²) >= 11 is 0. The zero-order chi connectivity index (χ0) is 21.6. The van der Waals surface area contributed by atoms with Crippen LogP contribution in [0, 0.1) is 0 Å². The zero-order valence-electron chi connectivity index (χ0n) is 16.7. The molecule has 7 nitrogen and oxygen atoms in total. The molecule has 0 amide bonds. The Hall–Kier alpha value is -1.46. The van der Waals surface area contributed by atoms with Gasteiger partial charge in [-0.25, -0.2) is 18.4 Å². The molecule has 30 heavy (non-hydrogen) atoms. The maximum Gasteiger partial charge on any atom is 0.433 e. The Kier molecular flexibility index (Phi) is 5.73. The number of anilines is 1. The molecule has 11 heteroatoms. The van der Waals surface area contributed by atoms with Gasteiger partial charge in [0.1, 0.15) is 17.8 Å². The van der Waals surface area contributed by atoms with E-state index in [1.807, 2.05) is 4.90 Å². The quantitative estimate of drug-likeness (QED) is 0.736.